The first-order chi connectivity index (χ1) is 25.8. The lowest BCUT2D eigenvalue weighted by atomic mass is 9.83. The molecule has 4 aliphatic rings. The van der Waals surface area contributed by atoms with Crippen molar-refractivity contribution in [2.45, 2.75) is 116 Å². The van der Waals surface area contributed by atoms with E-state index in [-0.39, 0.29) is 30.3 Å². The SMILES string of the molecule is CC(C)(C)OC(=O)N1CCCC1c1ncc(-c2ccc3c(c2)CCc2cc(-c4ccc5nc([C@@H]6[C@H]7CC[C@H](C7)N6C(=O)OC(C)(C)C)[nH]c5c4)ccc2-3)[nH]1. The fourth-order valence-corrected chi connectivity index (χ4v) is 9.25. The molecular weight excluding hydrogens is 677 g/mol. The van der Waals surface area contributed by atoms with Crippen LogP contribution in [0.25, 0.3) is 44.5 Å². The third-order valence-electron chi connectivity index (χ3n) is 11.6. The summed E-state index contributed by atoms with van der Waals surface area (Å²) in [5, 5.41) is 0. The van der Waals surface area contributed by atoms with Gasteiger partial charge in [0.15, 0.2) is 0 Å². The number of hydrogen-bond acceptors (Lipinski definition) is 6. The number of likely N-dealkylation sites (tertiary alicyclic amines) is 2. The first-order valence-corrected chi connectivity index (χ1v) is 19.6. The highest BCUT2D eigenvalue weighted by Crippen LogP contribution is 2.50. The Balaban J connectivity index is 0.935. The third kappa shape index (κ3) is 6.33. The van der Waals surface area contributed by atoms with Crippen LogP contribution >= 0.6 is 0 Å². The molecule has 10 heteroatoms. The average Bonchev–Trinajstić information content (AvgIpc) is 3.97. The molecule has 0 spiro atoms. The van der Waals surface area contributed by atoms with Crippen LogP contribution in [0.2, 0.25) is 0 Å². The molecule has 3 aromatic carbocycles. The quantitative estimate of drug-likeness (QED) is 0.191. The maximum atomic E-state index is 13.3. The number of H-pyrrole nitrogens is 2. The standard InChI is InChI=1S/C44H50N6O4/c1-43(2,3)53-41(51)49-19-7-8-37(49)39-45-24-36(48-39)29-13-17-33-28(21-29)10-9-27-20-25(12-16-32(27)33)26-14-18-34-35(23-26)47-40(46-34)38-30-11-15-31(22-30)50(38)42(52)54-44(4,5)6/h12-14,16-18,20-21,23-24,30-31,37-38H,7-11,15,19,22H2,1-6H3,(H,45,48)(H,46,47)/t30-,31+,37?,38-/m0/s1. The molecule has 2 bridgehead atoms. The number of fused-ring (bicyclic) bond motifs is 6. The Morgan fingerprint density at radius 1 is 0.759 bits per heavy atom. The molecule has 2 aromatic heterocycles. The number of hydrogen-bond donors (Lipinski definition) is 2. The highest BCUT2D eigenvalue weighted by atomic mass is 16.6. The predicted octanol–water partition coefficient (Wildman–Crippen LogP) is 9.92. The van der Waals surface area contributed by atoms with Gasteiger partial charge in [-0.25, -0.2) is 19.6 Å². The number of amides is 2. The van der Waals surface area contributed by atoms with E-state index >= 15 is 0 Å². The van der Waals surface area contributed by atoms with Gasteiger partial charge in [0.25, 0.3) is 0 Å². The van der Waals surface area contributed by atoms with E-state index in [2.05, 4.69) is 64.6 Å². The molecule has 2 saturated heterocycles. The lowest BCUT2D eigenvalue weighted by molar-refractivity contribution is 0.00616. The van der Waals surface area contributed by atoms with Crippen molar-refractivity contribution >= 4 is 23.2 Å². The maximum absolute atomic E-state index is 13.3. The molecule has 2 aliphatic carbocycles. The number of aromatic nitrogens is 4. The molecule has 1 saturated carbocycles. The van der Waals surface area contributed by atoms with Crippen LogP contribution in [0.1, 0.15) is 109 Å². The zero-order valence-corrected chi connectivity index (χ0v) is 32.2. The first kappa shape index (κ1) is 34.6. The summed E-state index contributed by atoms with van der Waals surface area (Å²) >= 11 is 0. The number of carbonyl (C=O) groups is 2. The number of nitrogens with zero attached hydrogens (tertiary/aromatic N) is 4. The minimum Gasteiger partial charge on any atom is -0.444 e. The number of piperidine rings is 1. The van der Waals surface area contributed by atoms with Gasteiger partial charge in [-0.05, 0) is 150 Å². The first-order valence-electron chi connectivity index (χ1n) is 19.6. The number of carbonyl (C=O) groups excluding carboxylic acids is 2. The second kappa shape index (κ2) is 12.7. The van der Waals surface area contributed by atoms with Gasteiger partial charge in [-0.15, -0.1) is 0 Å². The summed E-state index contributed by atoms with van der Waals surface area (Å²) in [7, 11) is 0. The van der Waals surface area contributed by atoms with Crippen LogP contribution in [-0.4, -0.2) is 65.7 Å². The average molecular weight is 727 g/mol. The number of aromatic amines is 2. The molecule has 9 rings (SSSR count). The molecule has 54 heavy (non-hydrogen) atoms. The van der Waals surface area contributed by atoms with Gasteiger partial charge in [0.2, 0.25) is 0 Å². The number of ether oxygens (including phenoxy) is 2. The van der Waals surface area contributed by atoms with Crippen LogP contribution in [0.15, 0.2) is 60.8 Å². The molecular formula is C44H50N6O4. The second-order valence-electron chi connectivity index (χ2n) is 17.7. The van der Waals surface area contributed by atoms with Gasteiger partial charge in [0, 0.05) is 12.6 Å². The zero-order valence-electron chi connectivity index (χ0n) is 32.2. The molecule has 2 N–H and O–H groups in total. The Morgan fingerprint density at radius 2 is 1.43 bits per heavy atom. The van der Waals surface area contributed by atoms with Crippen LogP contribution in [0.3, 0.4) is 0 Å². The Bertz CT molecular complexity index is 2270. The van der Waals surface area contributed by atoms with E-state index in [1.54, 1.807) is 4.90 Å². The molecule has 1 unspecified atom stereocenters. The third-order valence-corrected chi connectivity index (χ3v) is 11.6. The molecule has 4 heterocycles. The van der Waals surface area contributed by atoms with Crippen molar-refractivity contribution in [1.82, 2.24) is 29.7 Å². The molecule has 10 nitrogen and oxygen atoms in total. The number of nitrogens with one attached hydrogen (secondary N) is 2. The Morgan fingerprint density at radius 3 is 2.17 bits per heavy atom. The van der Waals surface area contributed by atoms with E-state index in [0.717, 1.165) is 84.4 Å². The number of aryl methyl sites for hydroxylation is 2. The monoisotopic (exact) mass is 726 g/mol. The fourth-order valence-electron chi connectivity index (χ4n) is 9.25. The van der Waals surface area contributed by atoms with E-state index in [0.29, 0.717) is 12.5 Å². The van der Waals surface area contributed by atoms with Crippen molar-refractivity contribution in [3.63, 3.8) is 0 Å². The van der Waals surface area contributed by atoms with Crippen molar-refractivity contribution in [1.29, 1.82) is 0 Å². The molecule has 4 atom stereocenters. The van der Waals surface area contributed by atoms with Gasteiger partial charge in [0.05, 0.1) is 35.0 Å². The molecule has 3 fully saturated rings. The van der Waals surface area contributed by atoms with Crippen molar-refractivity contribution in [3.05, 3.63) is 83.6 Å². The summed E-state index contributed by atoms with van der Waals surface area (Å²) in [4.78, 5) is 46.9. The summed E-state index contributed by atoms with van der Waals surface area (Å²) in [6.07, 6.45) is 8.21. The van der Waals surface area contributed by atoms with Crippen molar-refractivity contribution in [2.24, 2.45) is 5.92 Å². The van der Waals surface area contributed by atoms with Gasteiger partial charge in [-0.2, -0.15) is 0 Å². The number of benzene rings is 3. The summed E-state index contributed by atoms with van der Waals surface area (Å²) in [6.45, 7) is 12.1. The predicted molar refractivity (Wildman–Crippen MR) is 209 cm³/mol. The van der Waals surface area contributed by atoms with E-state index in [1.165, 1.54) is 27.8 Å². The fraction of sp³-hybridized carbons (Fsp3) is 0.455. The zero-order chi connectivity index (χ0) is 37.5. The van der Waals surface area contributed by atoms with Crippen LogP contribution in [0, 0.1) is 5.92 Å². The highest BCUT2D eigenvalue weighted by Gasteiger charge is 2.51. The van der Waals surface area contributed by atoms with Crippen molar-refractivity contribution < 1.29 is 19.1 Å². The largest absolute Gasteiger partial charge is 0.444 e. The van der Waals surface area contributed by atoms with E-state index in [9.17, 15) is 9.59 Å². The molecule has 2 amide bonds. The summed E-state index contributed by atoms with van der Waals surface area (Å²) < 4.78 is 11.5. The molecule has 5 aromatic rings. The van der Waals surface area contributed by atoms with E-state index in [1.807, 2.05) is 52.6 Å². The lowest BCUT2D eigenvalue weighted by Gasteiger charge is -2.35. The Hall–Kier alpha value is -5.12. The summed E-state index contributed by atoms with van der Waals surface area (Å²) in [5.41, 5.74) is 10.4. The molecule has 2 aliphatic heterocycles. The highest BCUT2D eigenvalue weighted by molar-refractivity contribution is 5.84. The second-order valence-corrected chi connectivity index (χ2v) is 17.7. The minimum absolute atomic E-state index is 0.0871. The van der Waals surface area contributed by atoms with E-state index in [4.69, 9.17) is 19.4 Å². The van der Waals surface area contributed by atoms with Crippen LogP contribution in [0.5, 0.6) is 0 Å². The molecule has 280 valence electrons. The van der Waals surface area contributed by atoms with Crippen LogP contribution < -0.4 is 0 Å². The van der Waals surface area contributed by atoms with Crippen LogP contribution in [-0.2, 0) is 22.3 Å². The van der Waals surface area contributed by atoms with Crippen LogP contribution in [0.4, 0.5) is 9.59 Å². The van der Waals surface area contributed by atoms with E-state index < -0.39 is 11.2 Å². The summed E-state index contributed by atoms with van der Waals surface area (Å²) in [6, 6.07) is 20.0. The van der Waals surface area contributed by atoms with Crippen molar-refractivity contribution in [3.8, 4) is 33.5 Å². The molecule has 0 radical (unpaired) electrons. The smallest absolute Gasteiger partial charge is 0.411 e. The number of rotatable bonds is 4. The lowest BCUT2D eigenvalue weighted by Crippen LogP contribution is -2.43. The van der Waals surface area contributed by atoms with Crippen molar-refractivity contribution in [2.75, 3.05) is 6.54 Å². The Labute approximate surface area is 316 Å². The Kier molecular flexibility index (Phi) is 8.17. The minimum atomic E-state index is -0.540. The van der Waals surface area contributed by atoms with Gasteiger partial charge in [0.1, 0.15) is 22.9 Å². The normalized spacial score (nSPS) is 22.1. The van der Waals surface area contributed by atoms with Gasteiger partial charge >= 0.3 is 12.2 Å². The number of imidazole rings is 2. The van der Waals surface area contributed by atoms with Gasteiger partial charge in [-0.3, -0.25) is 9.80 Å². The maximum Gasteiger partial charge on any atom is 0.411 e. The van der Waals surface area contributed by atoms with Gasteiger partial charge < -0.3 is 19.4 Å². The van der Waals surface area contributed by atoms with Gasteiger partial charge in [-0.1, -0.05) is 36.4 Å². The topological polar surface area (TPSA) is 116 Å². The summed E-state index contributed by atoms with van der Waals surface area (Å²) in [5.74, 6) is 2.06.